The van der Waals surface area contributed by atoms with Gasteiger partial charge in [-0.1, -0.05) is 48.0 Å². The van der Waals surface area contributed by atoms with Gasteiger partial charge < -0.3 is 0 Å². The number of sulfonamides is 1. The molecule has 4 aromatic rings. The SMILES string of the molecule is Cc1ccc(C2=NN(S(C)(=O)=O)[C@@H](c3cn(-c4ccccc4)nc3-c3ccsc3)C2)cc1. The zero-order chi connectivity index (χ0) is 22.3. The van der Waals surface area contributed by atoms with E-state index in [0.717, 1.165) is 39.3 Å². The number of benzene rings is 2. The summed E-state index contributed by atoms with van der Waals surface area (Å²) >= 11 is 1.59. The first kappa shape index (κ1) is 20.7. The summed E-state index contributed by atoms with van der Waals surface area (Å²) in [5.41, 5.74) is 6.32. The second-order valence-electron chi connectivity index (χ2n) is 7.89. The van der Waals surface area contributed by atoms with Gasteiger partial charge >= 0.3 is 0 Å². The summed E-state index contributed by atoms with van der Waals surface area (Å²) in [6.07, 6.45) is 3.61. The van der Waals surface area contributed by atoms with Crippen molar-refractivity contribution in [1.82, 2.24) is 14.2 Å². The topological polar surface area (TPSA) is 67.6 Å². The molecule has 0 saturated carbocycles. The van der Waals surface area contributed by atoms with Gasteiger partial charge in [-0.3, -0.25) is 0 Å². The van der Waals surface area contributed by atoms with E-state index in [1.165, 1.54) is 10.7 Å². The first-order valence-corrected chi connectivity index (χ1v) is 13.0. The van der Waals surface area contributed by atoms with Gasteiger partial charge in [0.1, 0.15) is 0 Å². The molecule has 6 nitrogen and oxygen atoms in total. The minimum Gasteiger partial charge on any atom is -0.240 e. The normalized spacial score (nSPS) is 16.4. The molecule has 0 amide bonds. The molecule has 0 spiro atoms. The van der Waals surface area contributed by atoms with Crippen LogP contribution < -0.4 is 0 Å². The second-order valence-corrected chi connectivity index (χ2v) is 10.5. The molecule has 0 aliphatic carbocycles. The maximum atomic E-state index is 12.7. The Balaban J connectivity index is 1.62. The molecule has 5 rings (SSSR count). The monoisotopic (exact) mass is 462 g/mol. The largest absolute Gasteiger partial charge is 0.247 e. The smallest absolute Gasteiger partial charge is 0.240 e. The van der Waals surface area contributed by atoms with Gasteiger partial charge in [0.2, 0.25) is 10.0 Å². The molecule has 1 aliphatic heterocycles. The minimum atomic E-state index is -3.58. The minimum absolute atomic E-state index is 0.464. The van der Waals surface area contributed by atoms with E-state index >= 15 is 0 Å². The molecule has 0 bridgehead atoms. The number of nitrogens with zero attached hydrogens (tertiary/aromatic N) is 4. The van der Waals surface area contributed by atoms with Crippen LogP contribution >= 0.6 is 11.3 Å². The highest BCUT2D eigenvalue weighted by Crippen LogP contribution is 2.39. The van der Waals surface area contributed by atoms with E-state index in [4.69, 9.17) is 5.10 Å². The Morgan fingerprint density at radius 3 is 2.41 bits per heavy atom. The van der Waals surface area contributed by atoms with Gasteiger partial charge in [-0.2, -0.15) is 26.0 Å². The number of aryl methyl sites for hydroxylation is 1. The molecule has 162 valence electrons. The lowest BCUT2D eigenvalue weighted by molar-refractivity contribution is 0.375. The van der Waals surface area contributed by atoms with Gasteiger partial charge in [0.25, 0.3) is 0 Å². The highest BCUT2D eigenvalue weighted by Gasteiger charge is 2.37. The Hall–Kier alpha value is -3.23. The molecule has 1 atom stereocenters. The summed E-state index contributed by atoms with van der Waals surface area (Å²) < 4.78 is 28.5. The summed E-state index contributed by atoms with van der Waals surface area (Å²) in [7, 11) is -3.58. The molecule has 32 heavy (non-hydrogen) atoms. The van der Waals surface area contributed by atoms with Crippen molar-refractivity contribution < 1.29 is 8.42 Å². The van der Waals surface area contributed by atoms with Gasteiger partial charge in [-0.25, -0.2) is 13.1 Å². The van der Waals surface area contributed by atoms with Crippen LogP contribution in [-0.4, -0.2) is 34.6 Å². The predicted molar refractivity (Wildman–Crippen MR) is 129 cm³/mol. The molecule has 3 heterocycles. The molecular weight excluding hydrogens is 440 g/mol. The third-order valence-electron chi connectivity index (χ3n) is 5.51. The van der Waals surface area contributed by atoms with Crippen LogP contribution in [0.4, 0.5) is 0 Å². The van der Waals surface area contributed by atoms with E-state index < -0.39 is 16.1 Å². The van der Waals surface area contributed by atoms with Crippen LogP contribution in [0.1, 0.15) is 29.2 Å². The maximum Gasteiger partial charge on any atom is 0.247 e. The van der Waals surface area contributed by atoms with Gasteiger partial charge in [-0.15, -0.1) is 0 Å². The van der Waals surface area contributed by atoms with E-state index in [9.17, 15) is 8.42 Å². The molecule has 0 radical (unpaired) electrons. The molecule has 8 heteroatoms. The maximum absolute atomic E-state index is 12.7. The summed E-state index contributed by atoms with van der Waals surface area (Å²) in [5.74, 6) is 0. The molecule has 1 aliphatic rings. The van der Waals surface area contributed by atoms with E-state index in [1.807, 2.05) is 89.2 Å². The lowest BCUT2D eigenvalue weighted by Gasteiger charge is -2.21. The highest BCUT2D eigenvalue weighted by atomic mass is 32.2. The third kappa shape index (κ3) is 3.87. The zero-order valence-electron chi connectivity index (χ0n) is 17.7. The Morgan fingerprint density at radius 1 is 1.00 bits per heavy atom. The second kappa shape index (κ2) is 8.03. The van der Waals surface area contributed by atoms with Crippen LogP contribution in [0.5, 0.6) is 0 Å². The van der Waals surface area contributed by atoms with E-state index in [1.54, 1.807) is 11.3 Å². The lowest BCUT2D eigenvalue weighted by atomic mass is 9.97. The van der Waals surface area contributed by atoms with E-state index in [-0.39, 0.29) is 0 Å². The molecule has 2 aromatic carbocycles. The summed E-state index contributed by atoms with van der Waals surface area (Å²) in [4.78, 5) is 0. The predicted octanol–water partition coefficient (Wildman–Crippen LogP) is 5.02. The third-order valence-corrected chi connectivity index (χ3v) is 7.21. The van der Waals surface area contributed by atoms with Crippen molar-refractivity contribution in [3.8, 4) is 16.9 Å². The van der Waals surface area contributed by atoms with Crippen LogP contribution in [0, 0.1) is 6.92 Å². The van der Waals surface area contributed by atoms with Crippen molar-refractivity contribution in [2.24, 2.45) is 5.10 Å². The quantitative estimate of drug-likeness (QED) is 0.418. The number of thiophene rings is 1. The van der Waals surface area contributed by atoms with Gasteiger partial charge in [0, 0.05) is 29.1 Å². The van der Waals surface area contributed by atoms with Crippen LogP contribution in [0.15, 0.2) is 82.7 Å². The highest BCUT2D eigenvalue weighted by molar-refractivity contribution is 7.88. The fourth-order valence-electron chi connectivity index (χ4n) is 3.91. The average molecular weight is 463 g/mol. The summed E-state index contributed by atoms with van der Waals surface area (Å²) in [6.45, 7) is 2.02. The Morgan fingerprint density at radius 2 is 1.75 bits per heavy atom. The summed E-state index contributed by atoms with van der Waals surface area (Å²) in [6, 6.07) is 19.4. The van der Waals surface area contributed by atoms with Gasteiger partial charge in [0.15, 0.2) is 0 Å². The molecule has 0 unspecified atom stereocenters. The first-order valence-electron chi connectivity index (χ1n) is 10.2. The van der Waals surface area contributed by atoms with Crippen molar-refractivity contribution in [3.05, 3.63) is 94.3 Å². The van der Waals surface area contributed by atoms with Crippen molar-refractivity contribution in [2.75, 3.05) is 6.26 Å². The number of hydrogen-bond donors (Lipinski definition) is 0. The molecule has 0 fully saturated rings. The molecule has 2 aromatic heterocycles. The number of hydrazone groups is 1. The molecule has 0 N–H and O–H groups in total. The Bertz CT molecular complexity index is 1370. The Kier molecular flexibility index (Phi) is 5.19. The number of rotatable bonds is 5. The van der Waals surface area contributed by atoms with E-state index in [0.29, 0.717) is 6.42 Å². The first-order chi connectivity index (χ1) is 15.4. The molecular formula is C24H22N4O2S2. The lowest BCUT2D eigenvalue weighted by Crippen LogP contribution is -2.26. The van der Waals surface area contributed by atoms with Crippen molar-refractivity contribution in [1.29, 1.82) is 0 Å². The van der Waals surface area contributed by atoms with Crippen LogP contribution in [-0.2, 0) is 10.0 Å². The van der Waals surface area contributed by atoms with E-state index in [2.05, 4.69) is 5.10 Å². The number of para-hydroxylation sites is 1. The van der Waals surface area contributed by atoms with Gasteiger partial charge in [-0.05, 0) is 36.1 Å². The van der Waals surface area contributed by atoms with Gasteiger partial charge in [0.05, 0.1) is 29.4 Å². The number of hydrogen-bond acceptors (Lipinski definition) is 5. The van der Waals surface area contributed by atoms with Crippen LogP contribution in [0.25, 0.3) is 16.9 Å². The van der Waals surface area contributed by atoms with Crippen LogP contribution in [0.3, 0.4) is 0 Å². The van der Waals surface area contributed by atoms with Crippen molar-refractivity contribution in [3.63, 3.8) is 0 Å². The summed E-state index contributed by atoms with van der Waals surface area (Å²) in [5, 5.41) is 13.4. The standard InChI is InChI=1S/C24H22N4O2S2/c1-17-8-10-18(11-9-17)22-14-23(28(25-22)32(2,29)30)21-15-27(20-6-4-3-5-7-20)26-24(21)19-12-13-31-16-19/h3-13,15-16,23H,14H2,1-2H3/t23-/m1/s1. The number of aromatic nitrogens is 2. The Labute approximate surface area is 191 Å². The molecule has 0 saturated heterocycles. The zero-order valence-corrected chi connectivity index (χ0v) is 19.3. The van der Waals surface area contributed by atoms with Crippen molar-refractivity contribution in [2.45, 2.75) is 19.4 Å². The van der Waals surface area contributed by atoms with Crippen molar-refractivity contribution >= 4 is 27.1 Å². The van der Waals surface area contributed by atoms with Crippen LogP contribution in [0.2, 0.25) is 0 Å². The average Bonchev–Trinajstić information content (AvgIpc) is 3.52. The fourth-order valence-corrected chi connectivity index (χ4v) is 5.45. The fraction of sp³-hybridized carbons (Fsp3) is 0.167.